The van der Waals surface area contributed by atoms with Gasteiger partial charge in [-0.2, -0.15) is 0 Å². The van der Waals surface area contributed by atoms with Gasteiger partial charge in [0.1, 0.15) is 5.82 Å². The lowest BCUT2D eigenvalue weighted by Crippen LogP contribution is -2.42. The minimum atomic E-state index is 0.593. The Morgan fingerprint density at radius 2 is 2.20 bits per heavy atom. The highest BCUT2D eigenvalue weighted by molar-refractivity contribution is 5.42. The first-order valence-electron chi connectivity index (χ1n) is 8.00. The van der Waals surface area contributed by atoms with Crippen molar-refractivity contribution in [2.24, 2.45) is 11.8 Å². The van der Waals surface area contributed by atoms with Gasteiger partial charge in [-0.3, -0.25) is 0 Å². The maximum absolute atomic E-state index is 4.59. The van der Waals surface area contributed by atoms with Gasteiger partial charge in [-0.1, -0.05) is 20.8 Å². The van der Waals surface area contributed by atoms with Crippen LogP contribution in [-0.4, -0.2) is 24.1 Å². The summed E-state index contributed by atoms with van der Waals surface area (Å²) < 4.78 is 0. The number of hydrogen-bond acceptors (Lipinski definition) is 3. The second-order valence-corrected chi connectivity index (χ2v) is 6.60. The zero-order valence-electron chi connectivity index (χ0n) is 13.4. The number of nitrogens with zero attached hydrogens (tertiary/aromatic N) is 2. The van der Waals surface area contributed by atoms with Gasteiger partial charge in [0.2, 0.25) is 0 Å². The predicted molar refractivity (Wildman–Crippen MR) is 86.0 cm³/mol. The van der Waals surface area contributed by atoms with Crippen LogP contribution in [0.2, 0.25) is 0 Å². The number of nitrogens with one attached hydrogen (secondary N) is 1. The maximum Gasteiger partial charge on any atom is 0.129 e. The van der Waals surface area contributed by atoms with Crippen LogP contribution in [-0.2, 0) is 6.54 Å². The van der Waals surface area contributed by atoms with Crippen molar-refractivity contribution in [3.63, 3.8) is 0 Å². The van der Waals surface area contributed by atoms with Crippen LogP contribution < -0.4 is 10.2 Å². The minimum absolute atomic E-state index is 0.593. The number of rotatable bonds is 5. The van der Waals surface area contributed by atoms with Gasteiger partial charge < -0.3 is 10.2 Å². The number of piperidine rings is 1. The average Bonchev–Trinajstić information content (AvgIpc) is 2.42. The van der Waals surface area contributed by atoms with Crippen LogP contribution in [0.4, 0.5) is 5.82 Å². The van der Waals surface area contributed by atoms with Crippen LogP contribution in [0, 0.1) is 11.8 Å². The lowest BCUT2D eigenvalue weighted by Gasteiger charge is -2.38. The Morgan fingerprint density at radius 1 is 1.40 bits per heavy atom. The van der Waals surface area contributed by atoms with Crippen LogP contribution in [0.3, 0.4) is 0 Å². The maximum atomic E-state index is 4.59. The van der Waals surface area contributed by atoms with E-state index >= 15 is 0 Å². The predicted octanol–water partition coefficient (Wildman–Crippen LogP) is 3.45. The van der Waals surface area contributed by atoms with E-state index in [1.807, 2.05) is 6.20 Å². The lowest BCUT2D eigenvalue weighted by atomic mass is 9.92. The van der Waals surface area contributed by atoms with E-state index in [2.05, 4.69) is 55.0 Å². The Kier molecular flexibility index (Phi) is 5.41. The first-order chi connectivity index (χ1) is 9.58. The molecule has 1 aliphatic heterocycles. The van der Waals surface area contributed by atoms with Crippen molar-refractivity contribution in [1.82, 2.24) is 10.3 Å². The fraction of sp³-hybridized carbons (Fsp3) is 0.706. The quantitative estimate of drug-likeness (QED) is 0.892. The molecule has 0 spiro atoms. The van der Waals surface area contributed by atoms with Crippen molar-refractivity contribution in [2.75, 3.05) is 18.0 Å². The second-order valence-electron chi connectivity index (χ2n) is 6.60. The Bertz CT molecular complexity index is 416. The summed E-state index contributed by atoms with van der Waals surface area (Å²) in [5.41, 5.74) is 1.33. The van der Waals surface area contributed by atoms with Crippen LogP contribution >= 0.6 is 0 Å². The zero-order chi connectivity index (χ0) is 14.5. The molecule has 112 valence electrons. The zero-order valence-corrected chi connectivity index (χ0v) is 13.4. The van der Waals surface area contributed by atoms with E-state index in [9.17, 15) is 0 Å². The molecule has 20 heavy (non-hydrogen) atoms. The molecule has 1 N–H and O–H groups in total. The SMILES string of the molecule is CC(C)CNCc1ccnc(N2CCCC(C)C2C)c1. The summed E-state index contributed by atoms with van der Waals surface area (Å²) in [6, 6.07) is 4.96. The number of aromatic nitrogens is 1. The lowest BCUT2D eigenvalue weighted by molar-refractivity contribution is 0.361. The van der Waals surface area contributed by atoms with Gasteiger partial charge in [0.05, 0.1) is 0 Å². The van der Waals surface area contributed by atoms with Crippen molar-refractivity contribution in [3.8, 4) is 0 Å². The van der Waals surface area contributed by atoms with E-state index in [0.717, 1.165) is 31.4 Å². The van der Waals surface area contributed by atoms with Gasteiger partial charge in [0.25, 0.3) is 0 Å². The van der Waals surface area contributed by atoms with E-state index in [1.165, 1.54) is 18.4 Å². The molecule has 3 nitrogen and oxygen atoms in total. The fourth-order valence-corrected chi connectivity index (χ4v) is 2.89. The third-order valence-electron chi connectivity index (χ3n) is 4.36. The minimum Gasteiger partial charge on any atom is -0.354 e. The average molecular weight is 275 g/mol. The topological polar surface area (TPSA) is 28.2 Å². The molecule has 0 aliphatic carbocycles. The molecule has 2 atom stereocenters. The van der Waals surface area contributed by atoms with Crippen molar-refractivity contribution < 1.29 is 0 Å². The molecule has 0 bridgehead atoms. The van der Waals surface area contributed by atoms with Gasteiger partial charge in [0, 0.05) is 25.3 Å². The molecular formula is C17H29N3. The Morgan fingerprint density at radius 3 is 2.95 bits per heavy atom. The summed E-state index contributed by atoms with van der Waals surface area (Å²) in [5.74, 6) is 2.60. The normalized spacial score (nSPS) is 23.4. The van der Waals surface area contributed by atoms with Crippen LogP contribution in [0.5, 0.6) is 0 Å². The molecule has 1 aromatic heterocycles. The molecule has 1 fully saturated rings. The van der Waals surface area contributed by atoms with Gasteiger partial charge in [-0.15, -0.1) is 0 Å². The first-order valence-corrected chi connectivity index (χ1v) is 8.00. The van der Waals surface area contributed by atoms with E-state index < -0.39 is 0 Å². The Hall–Kier alpha value is -1.09. The third-order valence-corrected chi connectivity index (χ3v) is 4.36. The Labute approximate surface area is 123 Å². The molecule has 2 unspecified atom stereocenters. The first kappa shape index (κ1) is 15.3. The largest absolute Gasteiger partial charge is 0.354 e. The van der Waals surface area contributed by atoms with Gasteiger partial charge in [-0.05, 0) is 55.8 Å². The number of anilines is 1. The smallest absolute Gasteiger partial charge is 0.129 e. The van der Waals surface area contributed by atoms with E-state index in [-0.39, 0.29) is 0 Å². The van der Waals surface area contributed by atoms with Crippen molar-refractivity contribution in [1.29, 1.82) is 0 Å². The molecule has 1 aliphatic rings. The van der Waals surface area contributed by atoms with Gasteiger partial charge in [0.15, 0.2) is 0 Å². The molecule has 3 heteroatoms. The van der Waals surface area contributed by atoms with Gasteiger partial charge in [-0.25, -0.2) is 4.98 Å². The van der Waals surface area contributed by atoms with Gasteiger partial charge >= 0.3 is 0 Å². The highest BCUT2D eigenvalue weighted by Crippen LogP contribution is 2.27. The molecule has 0 radical (unpaired) electrons. The summed E-state index contributed by atoms with van der Waals surface area (Å²) in [6.07, 6.45) is 4.57. The van der Waals surface area contributed by atoms with Crippen molar-refractivity contribution in [2.45, 2.75) is 53.1 Å². The molecule has 2 rings (SSSR count). The standard InChI is InChI=1S/C17H29N3/c1-13(2)11-18-12-16-7-8-19-17(10-16)20-9-5-6-14(3)15(20)4/h7-8,10,13-15,18H,5-6,9,11-12H2,1-4H3. The Balaban J connectivity index is 2.01. The summed E-state index contributed by atoms with van der Waals surface area (Å²) in [6.45, 7) is 12.3. The third kappa shape index (κ3) is 3.95. The van der Waals surface area contributed by atoms with E-state index in [4.69, 9.17) is 0 Å². The fourth-order valence-electron chi connectivity index (χ4n) is 2.89. The molecule has 0 aromatic carbocycles. The van der Waals surface area contributed by atoms with Crippen LogP contribution in [0.1, 0.15) is 46.1 Å². The molecule has 1 saturated heterocycles. The van der Waals surface area contributed by atoms with Crippen molar-refractivity contribution >= 4 is 5.82 Å². The summed E-state index contributed by atoms with van der Waals surface area (Å²) in [5, 5.41) is 3.50. The van der Waals surface area contributed by atoms with Crippen LogP contribution in [0.15, 0.2) is 18.3 Å². The monoisotopic (exact) mass is 275 g/mol. The van der Waals surface area contributed by atoms with E-state index in [0.29, 0.717) is 12.0 Å². The summed E-state index contributed by atoms with van der Waals surface area (Å²) >= 11 is 0. The highest BCUT2D eigenvalue weighted by atomic mass is 15.2. The molecule has 0 amide bonds. The van der Waals surface area contributed by atoms with E-state index in [1.54, 1.807) is 0 Å². The number of pyridine rings is 1. The molecule has 2 heterocycles. The van der Waals surface area contributed by atoms with Crippen molar-refractivity contribution in [3.05, 3.63) is 23.9 Å². The molecular weight excluding hydrogens is 246 g/mol. The number of hydrogen-bond donors (Lipinski definition) is 1. The summed E-state index contributed by atoms with van der Waals surface area (Å²) in [4.78, 5) is 7.06. The highest BCUT2D eigenvalue weighted by Gasteiger charge is 2.25. The second kappa shape index (κ2) is 7.07. The molecule has 1 aromatic rings. The van der Waals surface area contributed by atoms with Crippen LogP contribution in [0.25, 0.3) is 0 Å². The summed E-state index contributed by atoms with van der Waals surface area (Å²) in [7, 11) is 0. The molecule has 0 saturated carbocycles.